The summed E-state index contributed by atoms with van der Waals surface area (Å²) in [7, 11) is 0. The zero-order chi connectivity index (χ0) is 22.0. The van der Waals surface area contributed by atoms with Crippen LogP contribution in [-0.2, 0) is 12.7 Å². The van der Waals surface area contributed by atoms with E-state index in [-0.39, 0.29) is 6.04 Å². The molecule has 1 saturated heterocycles. The fourth-order valence-electron chi connectivity index (χ4n) is 3.75. The first-order chi connectivity index (χ1) is 14.8. The summed E-state index contributed by atoms with van der Waals surface area (Å²) in [6, 6.07) is 11.8. The summed E-state index contributed by atoms with van der Waals surface area (Å²) in [4.78, 5) is 8.27. The Hall–Kier alpha value is -3.45. The number of halogens is 3. The molecule has 160 valence electrons. The Balaban J connectivity index is 1.42. The quantitative estimate of drug-likeness (QED) is 0.686. The van der Waals surface area contributed by atoms with Crippen molar-refractivity contribution in [1.29, 1.82) is 5.26 Å². The van der Waals surface area contributed by atoms with Crippen molar-refractivity contribution in [3.05, 3.63) is 59.4 Å². The van der Waals surface area contributed by atoms with Gasteiger partial charge in [0, 0.05) is 44.0 Å². The van der Waals surface area contributed by atoms with E-state index in [1.807, 2.05) is 24.0 Å². The van der Waals surface area contributed by atoms with E-state index in [1.54, 1.807) is 12.1 Å². The topological polar surface area (TPSA) is 84.7 Å². The number of rotatable bonds is 4. The standard InChI is InChI=1S/C21H20F3N7/c1-14-12-30(8-9-31(14)19-7-6-17(11-26-19)21(22,23)24)13-18-20(28-29-27-18)16-4-2-15(10-25)3-5-16/h2-7,11,14H,8-9,12-13H2,1H3,(H,27,28,29). The zero-order valence-electron chi connectivity index (χ0n) is 16.8. The minimum Gasteiger partial charge on any atom is -0.351 e. The van der Waals surface area contributed by atoms with Gasteiger partial charge in [-0.3, -0.25) is 4.90 Å². The van der Waals surface area contributed by atoms with Crippen molar-refractivity contribution in [2.45, 2.75) is 25.7 Å². The molecule has 1 N–H and O–H groups in total. The first-order valence-corrected chi connectivity index (χ1v) is 9.77. The molecule has 1 aliphatic rings. The number of piperazine rings is 1. The van der Waals surface area contributed by atoms with Gasteiger partial charge in [-0.15, -0.1) is 0 Å². The van der Waals surface area contributed by atoms with Crippen molar-refractivity contribution in [2.75, 3.05) is 24.5 Å². The van der Waals surface area contributed by atoms with Crippen molar-refractivity contribution in [2.24, 2.45) is 0 Å². The summed E-state index contributed by atoms with van der Waals surface area (Å²) in [5, 5.41) is 20.2. The molecule has 0 amide bonds. The minimum atomic E-state index is -4.39. The highest BCUT2D eigenvalue weighted by Crippen LogP contribution is 2.30. The number of aromatic nitrogens is 4. The lowest BCUT2D eigenvalue weighted by molar-refractivity contribution is -0.137. The number of hydrogen-bond acceptors (Lipinski definition) is 6. The lowest BCUT2D eigenvalue weighted by atomic mass is 10.1. The van der Waals surface area contributed by atoms with Crippen LogP contribution in [0.3, 0.4) is 0 Å². The number of alkyl halides is 3. The molecular weight excluding hydrogens is 407 g/mol. The van der Waals surface area contributed by atoms with E-state index in [4.69, 9.17) is 5.26 Å². The summed E-state index contributed by atoms with van der Waals surface area (Å²) < 4.78 is 38.3. The van der Waals surface area contributed by atoms with Crippen LogP contribution in [0.2, 0.25) is 0 Å². The van der Waals surface area contributed by atoms with Gasteiger partial charge in [0.05, 0.1) is 17.2 Å². The number of H-pyrrole nitrogens is 1. The van der Waals surface area contributed by atoms with E-state index in [1.165, 1.54) is 6.07 Å². The third-order valence-electron chi connectivity index (χ3n) is 5.36. The second kappa shape index (κ2) is 8.35. The van der Waals surface area contributed by atoms with Crippen molar-refractivity contribution in [1.82, 2.24) is 25.3 Å². The molecule has 0 saturated carbocycles. The van der Waals surface area contributed by atoms with E-state index in [0.717, 1.165) is 29.2 Å². The fraction of sp³-hybridized carbons (Fsp3) is 0.333. The number of benzene rings is 1. The summed E-state index contributed by atoms with van der Waals surface area (Å²) in [6.07, 6.45) is -3.51. The maximum atomic E-state index is 12.8. The molecule has 31 heavy (non-hydrogen) atoms. The van der Waals surface area contributed by atoms with Gasteiger partial charge >= 0.3 is 6.18 Å². The highest BCUT2D eigenvalue weighted by atomic mass is 19.4. The van der Waals surface area contributed by atoms with E-state index in [2.05, 4.69) is 31.4 Å². The number of nitrogens with zero attached hydrogens (tertiary/aromatic N) is 6. The second-order valence-electron chi connectivity index (χ2n) is 7.49. The monoisotopic (exact) mass is 427 g/mol. The van der Waals surface area contributed by atoms with Gasteiger partial charge in [0.25, 0.3) is 0 Å². The van der Waals surface area contributed by atoms with Crippen LogP contribution in [0.25, 0.3) is 11.3 Å². The van der Waals surface area contributed by atoms with Gasteiger partial charge in [0.2, 0.25) is 0 Å². The van der Waals surface area contributed by atoms with E-state index in [0.29, 0.717) is 37.6 Å². The molecule has 0 aliphatic carbocycles. The summed E-state index contributed by atoms with van der Waals surface area (Å²) in [5.74, 6) is 0.542. The van der Waals surface area contributed by atoms with E-state index in [9.17, 15) is 13.2 Å². The maximum Gasteiger partial charge on any atom is 0.417 e. The molecule has 1 atom stereocenters. The van der Waals surface area contributed by atoms with Crippen molar-refractivity contribution in [3.63, 3.8) is 0 Å². The number of hydrogen-bond donors (Lipinski definition) is 1. The van der Waals surface area contributed by atoms with Crippen LogP contribution in [0.1, 0.15) is 23.7 Å². The summed E-state index contributed by atoms with van der Waals surface area (Å²) in [5.41, 5.74) is 2.25. The highest BCUT2D eigenvalue weighted by Gasteiger charge is 2.32. The Kier molecular flexibility index (Phi) is 5.61. The Labute approximate surface area is 177 Å². The van der Waals surface area contributed by atoms with Crippen molar-refractivity contribution >= 4 is 5.82 Å². The number of pyridine rings is 1. The predicted molar refractivity (Wildman–Crippen MR) is 108 cm³/mol. The second-order valence-corrected chi connectivity index (χ2v) is 7.49. The SMILES string of the molecule is CC1CN(Cc2n[nH]nc2-c2ccc(C#N)cc2)CCN1c1ccc(C(F)(F)F)cn1. The first kappa shape index (κ1) is 20.8. The van der Waals surface area contributed by atoms with Crippen LogP contribution < -0.4 is 4.90 Å². The maximum absolute atomic E-state index is 12.8. The minimum absolute atomic E-state index is 0.0725. The van der Waals surface area contributed by atoms with Crippen LogP contribution in [0, 0.1) is 11.3 Å². The largest absolute Gasteiger partial charge is 0.417 e. The van der Waals surface area contributed by atoms with E-state index < -0.39 is 11.7 Å². The average Bonchev–Trinajstić information content (AvgIpc) is 3.21. The van der Waals surface area contributed by atoms with Gasteiger partial charge in [-0.1, -0.05) is 12.1 Å². The molecule has 1 fully saturated rings. The van der Waals surface area contributed by atoms with Gasteiger partial charge in [-0.25, -0.2) is 4.98 Å². The van der Waals surface area contributed by atoms with Crippen molar-refractivity contribution in [3.8, 4) is 17.3 Å². The molecule has 2 aromatic heterocycles. The summed E-state index contributed by atoms with van der Waals surface area (Å²) >= 11 is 0. The smallest absolute Gasteiger partial charge is 0.351 e. The zero-order valence-corrected chi connectivity index (χ0v) is 16.8. The van der Waals surface area contributed by atoms with Crippen LogP contribution >= 0.6 is 0 Å². The third kappa shape index (κ3) is 4.51. The highest BCUT2D eigenvalue weighted by molar-refractivity contribution is 5.62. The Morgan fingerprint density at radius 2 is 1.90 bits per heavy atom. The Bertz CT molecular complexity index is 1070. The van der Waals surface area contributed by atoms with Crippen LogP contribution in [0.5, 0.6) is 0 Å². The Morgan fingerprint density at radius 3 is 2.52 bits per heavy atom. The van der Waals surface area contributed by atoms with Gasteiger partial charge in [-0.05, 0) is 31.2 Å². The molecule has 10 heteroatoms. The molecule has 0 bridgehead atoms. The molecule has 7 nitrogen and oxygen atoms in total. The van der Waals surface area contributed by atoms with Crippen LogP contribution in [0.15, 0.2) is 42.6 Å². The van der Waals surface area contributed by atoms with Crippen LogP contribution in [0.4, 0.5) is 19.0 Å². The van der Waals surface area contributed by atoms with Gasteiger partial charge in [-0.2, -0.15) is 33.8 Å². The molecule has 0 radical (unpaired) electrons. The third-order valence-corrected chi connectivity index (χ3v) is 5.36. The Morgan fingerprint density at radius 1 is 1.13 bits per heavy atom. The molecule has 0 spiro atoms. The molecular formula is C21H20F3N7. The lowest BCUT2D eigenvalue weighted by Gasteiger charge is -2.40. The lowest BCUT2D eigenvalue weighted by Crippen LogP contribution is -2.52. The number of nitriles is 1. The van der Waals surface area contributed by atoms with E-state index >= 15 is 0 Å². The number of nitrogens with one attached hydrogen (secondary N) is 1. The molecule has 1 unspecified atom stereocenters. The van der Waals surface area contributed by atoms with Gasteiger partial charge in [0.1, 0.15) is 17.2 Å². The molecule has 3 aromatic rings. The van der Waals surface area contributed by atoms with Gasteiger partial charge < -0.3 is 4.90 Å². The predicted octanol–water partition coefficient (Wildman–Crippen LogP) is 3.47. The average molecular weight is 427 g/mol. The van der Waals surface area contributed by atoms with Crippen molar-refractivity contribution < 1.29 is 13.2 Å². The molecule has 4 rings (SSSR count). The molecule has 1 aliphatic heterocycles. The number of anilines is 1. The van der Waals surface area contributed by atoms with Gasteiger partial charge in [0.15, 0.2) is 0 Å². The molecule has 1 aromatic carbocycles. The van der Waals surface area contributed by atoms with Crippen LogP contribution in [-0.4, -0.2) is 51.0 Å². The molecule has 3 heterocycles. The fourth-order valence-corrected chi connectivity index (χ4v) is 3.75. The first-order valence-electron chi connectivity index (χ1n) is 9.77. The number of aromatic amines is 1. The normalized spacial score (nSPS) is 17.5. The summed E-state index contributed by atoms with van der Waals surface area (Å²) in [6.45, 7) is 4.68.